The fourth-order valence-electron chi connectivity index (χ4n) is 4.13. The minimum Gasteiger partial charge on any atom is -0.311 e. The van der Waals surface area contributed by atoms with Crippen molar-refractivity contribution in [3.05, 3.63) is 59.7 Å². The molecule has 152 valence electrons. The topological polar surface area (TPSA) is 65.3 Å². The smallest absolute Gasteiger partial charge is 0.258 e. The first-order valence-electron chi connectivity index (χ1n) is 10.2. The van der Waals surface area contributed by atoms with Crippen LogP contribution in [0.15, 0.2) is 58.5 Å². The third-order valence-electron chi connectivity index (χ3n) is 5.70. The second-order valence-electron chi connectivity index (χ2n) is 7.60. The summed E-state index contributed by atoms with van der Waals surface area (Å²) in [5, 5.41) is 0.208. The van der Waals surface area contributed by atoms with Gasteiger partial charge in [0.05, 0.1) is 10.9 Å². The number of benzene rings is 2. The van der Waals surface area contributed by atoms with E-state index in [1.807, 2.05) is 54.3 Å². The fraction of sp³-hybridized carbons (Fsp3) is 0.304. The highest BCUT2D eigenvalue weighted by Crippen LogP contribution is 2.36. The zero-order valence-electron chi connectivity index (χ0n) is 16.9. The number of amidine groups is 2. The summed E-state index contributed by atoms with van der Waals surface area (Å²) < 4.78 is 0. The molecule has 2 aromatic carbocycles. The molecular formula is C23H22N4O2S. The summed E-state index contributed by atoms with van der Waals surface area (Å²) >= 11 is 1.36. The standard InChI is InChI=1S/C23H22N4O2S/c1-3-19(22(29)26-13-12-15-8-4-7-11-18(15)26)30-23-25-17-10-6-5-9-16(17)20-24-14(2)21(28)27(20)23/h4-11,14,19H,3,12-13H2,1-2H3/t14-,19+/m1/s1. The van der Waals surface area contributed by atoms with Crippen LogP contribution in [-0.2, 0) is 16.0 Å². The summed E-state index contributed by atoms with van der Waals surface area (Å²) in [6, 6.07) is 15.3. The van der Waals surface area contributed by atoms with Gasteiger partial charge in [0.25, 0.3) is 5.91 Å². The predicted octanol–water partition coefficient (Wildman–Crippen LogP) is 3.77. The van der Waals surface area contributed by atoms with Gasteiger partial charge in [0.1, 0.15) is 11.9 Å². The van der Waals surface area contributed by atoms with E-state index in [-0.39, 0.29) is 17.1 Å². The molecule has 2 aromatic rings. The van der Waals surface area contributed by atoms with E-state index in [0.717, 1.165) is 23.4 Å². The number of rotatable bonds is 3. The molecule has 0 saturated heterocycles. The summed E-state index contributed by atoms with van der Waals surface area (Å²) in [6.45, 7) is 4.48. The van der Waals surface area contributed by atoms with Crippen LogP contribution in [0.5, 0.6) is 0 Å². The Labute approximate surface area is 179 Å². The third kappa shape index (κ3) is 2.96. The molecule has 3 heterocycles. The van der Waals surface area contributed by atoms with Crippen LogP contribution in [-0.4, -0.2) is 45.6 Å². The van der Waals surface area contributed by atoms with Gasteiger partial charge < -0.3 is 4.90 Å². The van der Waals surface area contributed by atoms with E-state index in [2.05, 4.69) is 11.1 Å². The SMILES string of the molecule is CC[C@H](SC1=Nc2ccccc2C2=N[C@H](C)C(=O)N12)C(=O)N1CCc2ccccc21. The number of fused-ring (bicyclic) bond motifs is 4. The van der Waals surface area contributed by atoms with E-state index < -0.39 is 6.04 Å². The van der Waals surface area contributed by atoms with E-state index in [0.29, 0.717) is 24.0 Å². The maximum atomic E-state index is 13.4. The number of anilines is 1. The monoisotopic (exact) mass is 418 g/mol. The van der Waals surface area contributed by atoms with Crippen LogP contribution in [0.2, 0.25) is 0 Å². The van der Waals surface area contributed by atoms with Gasteiger partial charge in [-0.25, -0.2) is 9.89 Å². The van der Waals surface area contributed by atoms with Crippen molar-refractivity contribution >= 4 is 46.0 Å². The van der Waals surface area contributed by atoms with Crippen LogP contribution in [0, 0.1) is 0 Å². The van der Waals surface area contributed by atoms with Crippen LogP contribution in [0.4, 0.5) is 11.4 Å². The Bertz CT molecular complexity index is 1110. The largest absolute Gasteiger partial charge is 0.311 e. The zero-order valence-corrected chi connectivity index (χ0v) is 17.7. The van der Waals surface area contributed by atoms with E-state index in [4.69, 9.17) is 4.99 Å². The minimum absolute atomic E-state index is 0.0622. The molecule has 0 spiro atoms. The van der Waals surface area contributed by atoms with Crippen molar-refractivity contribution in [2.75, 3.05) is 11.4 Å². The lowest BCUT2D eigenvalue weighted by molar-refractivity contribution is -0.124. The molecule has 0 fully saturated rings. The minimum atomic E-state index is -0.446. The lowest BCUT2D eigenvalue weighted by Crippen LogP contribution is -2.43. The maximum Gasteiger partial charge on any atom is 0.258 e. The first-order chi connectivity index (χ1) is 14.6. The van der Waals surface area contributed by atoms with Crippen molar-refractivity contribution in [2.45, 2.75) is 38.0 Å². The highest BCUT2D eigenvalue weighted by molar-refractivity contribution is 8.15. The van der Waals surface area contributed by atoms with E-state index >= 15 is 0 Å². The van der Waals surface area contributed by atoms with Crippen LogP contribution >= 0.6 is 11.8 Å². The first-order valence-corrected chi connectivity index (χ1v) is 11.1. The lowest BCUT2D eigenvalue weighted by Gasteiger charge is -2.29. The van der Waals surface area contributed by atoms with Gasteiger partial charge in [-0.05, 0) is 43.5 Å². The number of carbonyl (C=O) groups is 2. The Balaban J connectivity index is 1.47. The predicted molar refractivity (Wildman–Crippen MR) is 121 cm³/mol. The number of carbonyl (C=O) groups excluding carboxylic acids is 2. The number of hydrogen-bond donors (Lipinski definition) is 0. The van der Waals surface area contributed by atoms with Gasteiger partial charge >= 0.3 is 0 Å². The average Bonchev–Trinajstić information content (AvgIpc) is 3.33. The number of aliphatic imine (C=N–C) groups is 2. The third-order valence-corrected chi connectivity index (χ3v) is 7.01. The van der Waals surface area contributed by atoms with Gasteiger partial charge in [-0.1, -0.05) is 49.0 Å². The number of nitrogens with zero attached hydrogens (tertiary/aromatic N) is 4. The van der Waals surface area contributed by atoms with Gasteiger partial charge in [-0.3, -0.25) is 14.6 Å². The summed E-state index contributed by atoms with van der Waals surface area (Å²) in [5.74, 6) is 0.598. The lowest BCUT2D eigenvalue weighted by atomic mass is 10.1. The van der Waals surface area contributed by atoms with Gasteiger partial charge in [-0.15, -0.1) is 0 Å². The van der Waals surface area contributed by atoms with Crippen LogP contribution in [0.25, 0.3) is 0 Å². The number of amides is 2. The van der Waals surface area contributed by atoms with Crippen molar-refractivity contribution in [1.29, 1.82) is 0 Å². The van der Waals surface area contributed by atoms with E-state index in [1.54, 1.807) is 11.8 Å². The van der Waals surface area contributed by atoms with E-state index in [9.17, 15) is 9.59 Å². The van der Waals surface area contributed by atoms with Crippen molar-refractivity contribution in [3.63, 3.8) is 0 Å². The molecule has 7 heteroatoms. The van der Waals surface area contributed by atoms with Gasteiger partial charge in [0, 0.05) is 17.8 Å². The Hall–Kier alpha value is -2.93. The van der Waals surface area contributed by atoms with Crippen molar-refractivity contribution in [1.82, 2.24) is 4.90 Å². The molecule has 0 bridgehead atoms. The Kier molecular flexibility index (Phi) is 4.70. The molecule has 3 aliphatic rings. The summed E-state index contributed by atoms with van der Waals surface area (Å²) in [4.78, 5) is 39.0. The quantitative estimate of drug-likeness (QED) is 0.762. The number of thioether (sulfide) groups is 1. The Morgan fingerprint density at radius 1 is 1.20 bits per heavy atom. The fourth-order valence-corrected chi connectivity index (χ4v) is 5.21. The van der Waals surface area contributed by atoms with Gasteiger partial charge in [-0.2, -0.15) is 0 Å². The molecule has 2 atom stereocenters. The molecule has 3 aliphatic heterocycles. The summed E-state index contributed by atoms with van der Waals surface area (Å²) in [5.41, 5.74) is 3.83. The molecule has 0 N–H and O–H groups in total. The zero-order chi connectivity index (χ0) is 20.8. The van der Waals surface area contributed by atoms with E-state index in [1.165, 1.54) is 17.3 Å². The van der Waals surface area contributed by atoms with Crippen molar-refractivity contribution < 1.29 is 9.59 Å². The Morgan fingerprint density at radius 3 is 2.80 bits per heavy atom. The molecule has 5 rings (SSSR count). The van der Waals surface area contributed by atoms with Gasteiger partial charge in [0.15, 0.2) is 5.17 Å². The molecule has 2 amide bonds. The van der Waals surface area contributed by atoms with Crippen LogP contribution in [0.3, 0.4) is 0 Å². The van der Waals surface area contributed by atoms with Crippen molar-refractivity contribution in [2.24, 2.45) is 9.98 Å². The molecule has 0 unspecified atom stereocenters. The first kappa shape index (κ1) is 19.1. The maximum absolute atomic E-state index is 13.4. The molecule has 0 saturated carbocycles. The molecule has 0 aliphatic carbocycles. The van der Waals surface area contributed by atoms with Crippen LogP contribution < -0.4 is 4.90 Å². The highest BCUT2D eigenvalue weighted by atomic mass is 32.2. The van der Waals surface area contributed by atoms with Crippen molar-refractivity contribution in [3.8, 4) is 0 Å². The molecule has 0 radical (unpaired) electrons. The highest BCUT2D eigenvalue weighted by Gasteiger charge is 2.41. The second-order valence-corrected chi connectivity index (χ2v) is 8.77. The number of para-hydroxylation sites is 2. The van der Waals surface area contributed by atoms with Gasteiger partial charge in [0.2, 0.25) is 5.91 Å². The average molecular weight is 419 g/mol. The Morgan fingerprint density at radius 2 is 1.97 bits per heavy atom. The molecular weight excluding hydrogens is 396 g/mol. The molecule has 6 nitrogen and oxygen atoms in total. The van der Waals surface area contributed by atoms with Crippen LogP contribution in [0.1, 0.15) is 31.4 Å². The summed E-state index contributed by atoms with van der Waals surface area (Å²) in [7, 11) is 0. The number of hydrogen-bond acceptors (Lipinski definition) is 5. The molecule has 30 heavy (non-hydrogen) atoms. The second kappa shape index (κ2) is 7.40. The molecule has 0 aromatic heterocycles. The summed E-state index contributed by atoms with van der Waals surface area (Å²) in [6.07, 6.45) is 1.52. The normalized spacial score (nSPS) is 20.3.